The summed E-state index contributed by atoms with van der Waals surface area (Å²) in [7, 11) is 0.272. The molecular formula is C18H22P2. The molecule has 0 aromatic rings. The van der Waals surface area contributed by atoms with Crippen LogP contribution in [0, 0.1) is 62.7 Å². The van der Waals surface area contributed by atoms with E-state index in [1.807, 2.05) is 0 Å². The van der Waals surface area contributed by atoms with Crippen LogP contribution in [0.5, 0.6) is 0 Å². The van der Waals surface area contributed by atoms with Gasteiger partial charge in [0.05, 0.1) is 0 Å². The molecule has 0 aromatic carbocycles. The Morgan fingerprint density at radius 3 is 1.45 bits per heavy atom. The first-order chi connectivity index (χ1) is 9.93. The SMILES string of the molecule is [CH]1[CH][CH][C]([P@@]2CCC[C@@H]2[C@H]2CCC[P@@]2[C]2[CH][CH][CH][CH]2)[CH]1. The van der Waals surface area contributed by atoms with Crippen molar-refractivity contribution in [2.45, 2.75) is 37.0 Å². The third-order valence-corrected chi connectivity index (χ3v) is 11.6. The average Bonchev–Trinajstić information content (AvgIpc) is 3.23. The molecule has 0 nitrogen and oxygen atoms in total. The van der Waals surface area contributed by atoms with Gasteiger partial charge in [-0.1, -0.05) is 15.8 Å². The topological polar surface area (TPSA) is 0 Å². The van der Waals surface area contributed by atoms with Crippen LogP contribution >= 0.6 is 15.8 Å². The molecule has 2 heterocycles. The molecule has 4 rings (SSSR count). The smallest absolute Gasteiger partial charge is 0.00779 e. The van der Waals surface area contributed by atoms with Gasteiger partial charge in [-0.2, -0.15) is 0 Å². The van der Waals surface area contributed by atoms with Gasteiger partial charge in [-0.25, -0.2) is 0 Å². The molecule has 104 valence electrons. The fourth-order valence-corrected chi connectivity index (χ4v) is 11.3. The molecule has 0 spiro atoms. The Kier molecular flexibility index (Phi) is 4.73. The van der Waals surface area contributed by atoms with Gasteiger partial charge in [0.15, 0.2) is 0 Å². The van der Waals surface area contributed by atoms with Crippen LogP contribution in [0.2, 0.25) is 0 Å². The molecule has 4 atom stereocenters. The Morgan fingerprint density at radius 2 is 1.05 bits per heavy atom. The summed E-state index contributed by atoms with van der Waals surface area (Å²) in [4.78, 5) is 0. The first kappa shape index (κ1) is 14.5. The van der Waals surface area contributed by atoms with Crippen LogP contribution in [0.15, 0.2) is 0 Å². The van der Waals surface area contributed by atoms with Gasteiger partial charge >= 0.3 is 0 Å². The molecule has 20 heavy (non-hydrogen) atoms. The lowest BCUT2D eigenvalue weighted by molar-refractivity contribution is 0.695. The van der Waals surface area contributed by atoms with Crippen molar-refractivity contribution in [2.24, 2.45) is 0 Å². The van der Waals surface area contributed by atoms with E-state index in [2.05, 4.69) is 51.4 Å². The lowest BCUT2D eigenvalue weighted by atomic mass is 10.1. The second-order valence-electron chi connectivity index (χ2n) is 6.09. The van der Waals surface area contributed by atoms with Crippen molar-refractivity contribution in [3.05, 3.63) is 62.7 Å². The van der Waals surface area contributed by atoms with Gasteiger partial charge in [-0.05, 0) is 101 Å². The molecule has 0 unspecified atom stereocenters. The first-order valence-electron chi connectivity index (χ1n) is 7.90. The predicted molar refractivity (Wildman–Crippen MR) is 90.5 cm³/mol. The van der Waals surface area contributed by atoms with Crippen molar-refractivity contribution >= 4 is 15.8 Å². The van der Waals surface area contributed by atoms with E-state index in [4.69, 9.17) is 0 Å². The van der Waals surface area contributed by atoms with E-state index in [1.165, 1.54) is 38.0 Å². The first-order valence-corrected chi connectivity index (χ1v) is 11.1. The minimum atomic E-state index is 0.136. The van der Waals surface area contributed by atoms with Gasteiger partial charge in [0.2, 0.25) is 0 Å². The molecule has 0 aromatic heterocycles. The normalized spacial score (nSPS) is 43.8. The van der Waals surface area contributed by atoms with E-state index in [0.29, 0.717) is 0 Å². The van der Waals surface area contributed by atoms with Gasteiger partial charge in [-0.15, -0.1) is 0 Å². The van der Waals surface area contributed by atoms with Crippen LogP contribution in [0.3, 0.4) is 0 Å². The second kappa shape index (κ2) is 6.54. The molecule has 2 saturated carbocycles. The maximum absolute atomic E-state index is 2.39. The zero-order valence-corrected chi connectivity index (χ0v) is 13.7. The summed E-state index contributed by atoms with van der Waals surface area (Å²) in [5.41, 5.74) is 5.42. The van der Waals surface area contributed by atoms with Crippen LogP contribution in [0.25, 0.3) is 0 Å². The third-order valence-electron chi connectivity index (χ3n) is 5.00. The number of hydrogen-bond donors (Lipinski definition) is 0. The van der Waals surface area contributed by atoms with Crippen LogP contribution in [-0.4, -0.2) is 23.6 Å². The molecular weight excluding hydrogens is 278 g/mol. The van der Waals surface area contributed by atoms with Crippen molar-refractivity contribution in [3.8, 4) is 0 Å². The Morgan fingerprint density at radius 1 is 0.650 bits per heavy atom. The maximum Gasteiger partial charge on any atom is 0.00779 e. The van der Waals surface area contributed by atoms with E-state index >= 15 is 0 Å². The standard InChI is InChI=1S/C18H22P2/c1-2-8-15(7-1)19-13-5-11-17(19)18-12-6-14-20(18)16-9-3-4-10-16/h1-4,7-10,17-18H,5-6,11-14H2/t17-,18-,19-,20+/m1/s1. The summed E-state index contributed by atoms with van der Waals surface area (Å²) in [6.07, 6.45) is 27.5. The van der Waals surface area contributed by atoms with E-state index in [0.717, 1.165) is 11.3 Å². The monoisotopic (exact) mass is 300 g/mol. The molecule has 2 heteroatoms. The second-order valence-corrected chi connectivity index (χ2v) is 11.2. The van der Waals surface area contributed by atoms with Crippen molar-refractivity contribution < 1.29 is 0 Å². The highest BCUT2D eigenvalue weighted by molar-refractivity contribution is 7.66. The Balaban J connectivity index is 1.46. The summed E-state index contributed by atoms with van der Waals surface area (Å²) in [5, 5.41) is 0. The third kappa shape index (κ3) is 2.74. The summed E-state index contributed by atoms with van der Waals surface area (Å²) in [6, 6.07) is 0. The Bertz CT molecular complexity index is 285. The molecule has 2 aliphatic carbocycles. The van der Waals surface area contributed by atoms with E-state index in [1.54, 1.807) is 11.3 Å². The lowest BCUT2D eigenvalue weighted by Crippen LogP contribution is -2.21. The minimum Gasteiger partial charge on any atom is -0.0950 e. The Hall–Kier alpha value is 0.860. The van der Waals surface area contributed by atoms with Crippen molar-refractivity contribution in [3.63, 3.8) is 0 Å². The fourth-order valence-electron chi connectivity index (χ4n) is 4.14. The molecule has 2 aliphatic heterocycles. The quantitative estimate of drug-likeness (QED) is 0.643. The van der Waals surface area contributed by atoms with E-state index in [9.17, 15) is 0 Å². The predicted octanol–water partition coefficient (Wildman–Crippen LogP) is 5.00. The highest BCUT2D eigenvalue weighted by Crippen LogP contribution is 2.71. The molecule has 0 bridgehead atoms. The maximum atomic E-state index is 2.39. The molecule has 10 radical (unpaired) electrons. The number of hydrogen-bond acceptors (Lipinski definition) is 0. The summed E-state index contributed by atoms with van der Waals surface area (Å²) in [6.45, 7) is 0. The summed E-state index contributed by atoms with van der Waals surface area (Å²) >= 11 is 0. The van der Waals surface area contributed by atoms with Crippen LogP contribution in [0.1, 0.15) is 25.7 Å². The molecule has 2 saturated heterocycles. The number of rotatable bonds is 3. The van der Waals surface area contributed by atoms with Crippen LogP contribution < -0.4 is 0 Å². The van der Waals surface area contributed by atoms with E-state index in [-0.39, 0.29) is 15.8 Å². The van der Waals surface area contributed by atoms with Crippen LogP contribution in [0.4, 0.5) is 0 Å². The van der Waals surface area contributed by atoms with Crippen molar-refractivity contribution in [1.82, 2.24) is 0 Å². The van der Waals surface area contributed by atoms with Crippen LogP contribution in [-0.2, 0) is 0 Å². The zero-order chi connectivity index (χ0) is 13.4. The van der Waals surface area contributed by atoms with Gasteiger partial charge in [0.25, 0.3) is 0 Å². The fraction of sp³-hybridized carbons (Fsp3) is 0.444. The van der Waals surface area contributed by atoms with Gasteiger partial charge in [-0.3, -0.25) is 0 Å². The van der Waals surface area contributed by atoms with Gasteiger partial charge < -0.3 is 0 Å². The molecule has 0 amide bonds. The molecule has 4 aliphatic rings. The highest BCUT2D eigenvalue weighted by Gasteiger charge is 2.45. The lowest BCUT2D eigenvalue weighted by Gasteiger charge is -2.35. The largest absolute Gasteiger partial charge is 0.0950 e. The zero-order valence-electron chi connectivity index (χ0n) is 11.9. The van der Waals surface area contributed by atoms with Crippen molar-refractivity contribution in [2.75, 3.05) is 12.3 Å². The average molecular weight is 300 g/mol. The van der Waals surface area contributed by atoms with Crippen molar-refractivity contribution in [1.29, 1.82) is 0 Å². The summed E-state index contributed by atoms with van der Waals surface area (Å²) < 4.78 is 0. The van der Waals surface area contributed by atoms with Gasteiger partial charge in [0.1, 0.15) is 0 Å². The minimum absolute atomic E-state index is 0.136. The Labute approximate surface area is 128 Å². The highest BCUT2D eigenvalue weighted by atomic mass is 31.1. The molecule has 0 N–H and O–H groups in total. The van der Waals surface area contributed by atoms with Gasteiger partial charge in [0, 0.05) is 11.3 Å². The molecule has 4 fully saturated rings. The van der Waals surface area contributed by atoms with E-state index < -0.39 is 0 Å². The summed E-state index contributed by atoms with van der Waals surface area (Å²) in [5.74, 6) is 0.